The quantitative estimate of drug-likeness (QED) is 0.783. The molecule has 0 aromatic heterocycles. The number of hydrogen-bond donors (Lipinski definition) is 1. The maximum absolute atomic E-state index is 8.91. The standard InChI is InChI=1S/C14H28O2/c1-10(2)13-6-5-11(3)9-14(13)16-12(4)7-8-15/h10-15H,5-9H2,1-4H3. The molecule has 0 heterocycles. The first-order valence-corrected chi connectivity index (χ1v) is 6.80. The lowest BCUT2D eigenvalue weighted by Crippen LogP contribution is -2.36. The highest BCUT2D eigenvalue weighted by atomic mass is 16.5. The second-order valence-corrected chi connectivity index (χ2v) is 5.82. The van der Waals surface area contributed by atoms with Crippen LogP contribution in [0.3, 0.4) is 0 Å². The molecule has 0 aromatic rings. The molecule has 0 saturated heterocycles. The van der Waals surface area contributed by atoms with E-state index in [2.05, 4.69) is 27.7 Å². The summed E-state index contributed by atoms with van der Waals surface area (Å²) in [6.45, 7) is 9.23. The molecule has 1 aliphatic carbocycles. The van der Waals surface area contributed by atoms with Gasteiger partial charge in [0.25, 0.3) is 0 Å². The van der Waals surface area contributed by atoms with Crippen LogP contribution in [-0.4, -0.2) is 23.9 Å². The minimum Gasteiger partial charge on any atom is -0.396 e. The first-order chi connectivity index (χ1) is 7.54. The molecule has 0 spiro atoms. The Kier molecular flexibility index (Phi) is 5.77. The molecule has 1 rings (SSSR count). The van der Waals surface area contributed by atoms with E-state index in [1.165, 1.54) is 19.3 Å². The van der Waals surface area contributed by atoms with Crippen molar-refractivity contribution in [3.8, 4) is 0 Å². The van der Waals surface area contributed by atoms with E-state index in [1.807, 2.05) is 0 Å². The van der Waals surface area contributed by atoms with Crippen LogP contribution < -0.4 is 0 Å². The van der Waals surface area contributed by atoms with E-state index in [9.17, 15) is 0 Å². The Labute approximate surface area is 100 Å². The monoisotopic (exact) mass is 228 g/mol. The molecule has 2 nitrogen and oxygen atoms in total. The van der Waals surface area contributed by atoms with Crippen molar-refractivity contribution in [3.05, 3.63) is 0 Å². The zero-order valence-electron chi connectivity index (χ0n) is 11.3. The van der Waals surface area contributed by atoms with Gasteiger partial charge in [0.2, 0.25) is 0 Å². The third-order valence-corrected chi connectivity index (χ3v) is 3.90. The lowest BCUT2D eigenvalue weighted by Gasteiger charge is -2.38. The highest BCUT2D eigenvalue weighted by Gasteiger charge is 2.32. The van der Waals surface area contributed by atoms with E-state index >= 15 is 0 Å². The summed E-state index contributed by atoms with van der Waals surface area (Å²) in [5, 5.41) is 8.91. The van der Waals surface area contributed by atoms with Gasteiger partial charge >= 0.3 is 0 Å². The second-order valence-electron chi connectivity index (χ2n) is 5.82. The Morgan fingerprint density at radius 3 is 2.50 bits per heavy atom. The van der Waals surface area contributed by atoms with Crippen molar-refractivity contribution in [3.63, 3.8) is 0 Å². The van der Waals surface area contributed by atoms with Gasteiger partial charge in [0.1, 0.15) is 0 Å². The van der Waals surface area contributed by atoms with Gasteiger partial charge in [0.05, 0.1) is 12.2 Å². The van der Waals surface area contributed by atoms with Crippen LogP contribution in [0, 0.1) is 17.8 Å². The van der Waals surface area contributed by atoms with E-state index in [-0.39, 0.29) is 12.7 Å². The smallest absolute Gasteiger partial charge is 0.0611 e. The molecular formula is C14H28O2. The summed E-state index contributed by atoms with van der Waals surface area (Å²) < 4.78 is 6.12. The third kappa shape index (κ3) is 4.06. The Morgan fingerprint density at radius 2 is 1.94 bits per heavy atom. The molecule has 4 atom stereocenters. The summed E-state index contributed by atoms with van der Waals surface area (Å²) >= 11 is 0. The molecule has 1 fully saturated rings. The van der Waals surface area contributed by atoms with Crippen LogP contribution in [0.1, 0.15) is 53.4 Å². The van der Waals surface area contributed by atoms with Gasteiger partial charge in [-0.3, -0.25) is 0 Å². The van der Waals surface area contributed by atoms with Crippen molar-refractivity contribution in [1.29, 1.82) is 0 Å². The van der Waals surface area contributed by atoms with Gasteiger partial charge in [0, 0.05) is 6.61 Å². The van der Waals surface area contributed by atoms with Crippen LogP contribution in [0.25, 0.3) is 0 Å². The van der Waals surface area contributed by atoms with Crippen LogP contribution in [-0.2, 0) is 4.74 Å². The Hall–Kier alpha value is -0.0800. The van der Waals surface area contributed by atoms with Gasteiger partial charge in [-0.15, -0.1) is 0 Å². The highest BCUT2D eigenvalue weighted by molar-refractivity contribution is 4.81. The largest absolute Gasteiger partial charge is 0.396 e. The molecule has 0 radical (unpaired) electrons. The molecule has 0 aliphatic heterocycles. The molecule has 16 heavy (non-hydrogen) atoms. The molecule has 0 amide bonds. The molecule has 4 unspecified atom stereocenters. The fourth-order valence-electron chi connectivity index (χ4n) is 2.82. The Balaban J connectivity index is 2.50. The fourth-order valence-corrected chi connectivity index (χ4v) is 2.82. The van der Waals surface area contributed by atoms with E-state index in [4.69, 9.17) is 9.84 Å². The van der Waals surface area contributed by atoms with Crippen LogP contribution in [0.4, 0.5) is 0 Å². The third-order valence-electron chi connectivity index (χ3n) is 3.90. The van der Waals surface area contributed by atoms with Crippen molar-refractivity contribution in [1.82, 2.24) is 0 Å². The van der Waals surface area contributed by atoms with E-state index in [0.717, 1.165) is 12.3 Å². The Bertz CT molecular complexity index is 191. The summed E-state index contributed by atoms with van der Waals surface area (Å²) in [6, 6.07) is 0. The van der Waals surface area contributed by atoms with E-state index < -0.39 is 0 Å². The Morgan fingerprint density at radius 1 is 1.25 bits per heavy atom. The SMILES string of the molecule is CC1CCC(C(C)C)C(OC(C)CCO)C1. The van der Waals surface area contributed by atoms with Gasteiger partial charge in [-0.05, 0) is 43.9 Å². The van der Waals surface area contributed by atoms with Crippen molar-refractivity contribution < 1.29 is 9.84 Å². The molecule has 96 valence electrons. The van der Waals surface area contributed by atoms with Crippen molar-refractivity contribution >= 4 is 0 Å². The number of aliphatic hydroxyl groups is 1. The highest BCUT2D eigenvalue weighted by Crippen LogP contribution is 2.35. The first kappa shape index (κ1) is 14.0. The lowest BCUT2D eigenvalue weighted by molar-refractivity contribution is -0.0791. The molecule has 2 heteroatoms. The zero-order chi connectivity index (χ0) is 12.1. The number of aliphatic hydroxyl groups excluding tert-OH is 1. The number of rotatable bonds is 5. The van der Waals surface area contributed by atoms with E-state index in [0.29, 0.717) is 17.9 Å². The molecule has 0 aromatic carbocycles. The average molecular weight is 228 g/mol. The topological polar surface area (TPSA) is 29.5 Å². The predicted molar refractivity (Wildman–Crippen MR) is 67.4 cm³/mol. The van der Waals surface area contributed by atoms with Crippen LogP contribution >= 0.6 is 0 Å². The summed E-state index contributed by atoms with van der Waals surface area (Å²) in [5.74, 6) is 2.21. The lowest BCUT2D eigenvalue weighted by atomic mass is 9.75. The number of ether oxygens (including phenoxy) is 1. The van der Waals surface area contributed by atoms with Gasteiger partial charge in [-0.1, -0.05) is 27.2 Å². The minimum atomic E-state index is 0.196. The van der Waals surface area contributed by atoms with Crippen LogP contribution in [0.5, 0.6) is 0 Å². The molecule has 1 N–H and O–H groups in total. The van der Waals surface area contributed by atoms with Gasteiger partial charge < -0.3 is 9.84 Å². The summed E-state index contributed by atoms with van der Waals surface area (Å²) in [7, 11) is 0. The van der Waals surface area contributed by atoms with E-state index in [1.54, 1.807) is 0 Å². The first-order valence-electron chi connectivity index (χ1n) is 6.80. The minimum absolute atomic E-state index is 0.196. The number of hydrogen-bond acceptors (Lipinski definition) is 2. The summed E-state index contributed by atoms with van der Waals surface area (Å²) in [4.78, 5) is 0. The zero-order valence-corrected chi connectivity index (χ0v) is 11.3. The maximum Gasteiger partial charge on any atom is 0.0611 e. The molecular weight excluding hydrogens is 200 g/mol. The maximum atomic E-state index is 8.91. The normalized spacial score (nSPS) is 33.0. The summed E-state index contributed by atoms with van der Waals surface area (Å²) in [6.07, 6.45) is 5.20. The second kappa shape index (κ2) is 6.61. The predicted octanol–water partition coefficient (Wildman–Crippen LogP) is 3.23. The van der Waals surface area contributed by atoms with Gasteiger partial charge in [-0.2, -0.15) is 0 Å². The van der Waals surface area contributed by atoms with Crippen molar-refractivity contribution in [2.45, 2.75) is 65.6 Å². The average Bonchev–Trinajstić information content (AvgIpc) is 2.17. The summed E-state index contributed by atoms with van der Waals surface area (Å²) in [5.41, 5.74) is 0. The van der Waals surface area contributed by atoms with Gasteiger partial charge in [-0.25, -0.2) is 0 Å². The van der Waals surface area contributed by atoms with Crippen LogP contribution in [0.15, 0.2) is 0 Å². The molecule has 1 saturated carbocycles. The fraction of sp³-hybridized carbons (Fsp3) is 1.00. The van der Waals surface area contributed by atoms with Gasteiger partial charge in [0.15, 0.2) is 0 Å². The molecule has 0 bridgehead atoms. The van der Waals surface area contributed by atoms with Crippen molar-refractivity contribution in [2.75, 3.05) is 6.61 Å². The molecule has 1 aliphatic rings. The van der Waals surface area contributed by atoms with Crippen molar-refractivity contribution in [2.24, 2.45) is 17.8 Å². The van der Waals surface area contributed by atoms with Crippen LogP contribution in [0.2, 0.25) is 0 Å².